The van der Waals surface area contributed by atoms with Crippen LogP contribution in [-0.4, -0.2) is 25.7 Å². The van der Waals surface area contributed by atoms with Crippen LogP contribution in [0.3, 0.4) is 0 Å². The Bertz CT molecular complexity index is 454. The molecular weight excluding hydrogens is 401 g/mol. The lowest BCUT2D eigenvalue weighted by atomic mass is 10.1. The molecule has 1 aliphatic carbocycles. The first kappa shape index (κ1) is 20.1. The number of aliphatic imine (C=N–C) groups is 1. The summed E-state index contributed by atoms with van der Waals surface area (Å²) in [6.07, 6.45) is 9.81. The van der Waals surface area contributed by atoms with Gasteiger partial charge in [-0.05, 0) is 43.4 Å². The van der Waals surface area contributed by atoms with Crippen molar-refractivity contribution < 1.29 is 4.74 Å². The standard InChI is InChI=1S/C18H29N3O.HI/c1-22-17-12-10-15(11-13-17)7-6-14-20-18(19)21-16-8-4-2-3-5-9-16;/h10-13,16H,2-9,14H2,1H3,(H3,19,20,21);1H. The minimum absolute atomic E-state index is 0. The fraction of sp³-hybridized carbons (Fsp3) is 0.611. The fourth-order valence-corrected chi connectivity index (χ4v) is 2.95. The van der Waals surface area contributed by atoms with Gasteiger partial charge in [0.25, 0.3) is 0 Å². The zero-order valence-corrected chi connectivity index (χ0v) is 16.4. The molecule has 1 saturated carbocycles. The predicted molar refractivity (Wildman–Crippen MR) is 108 cm³/mol. The lowest BCUT2D eigenvalue weighted by Crippen LogP contribution is -2.39. The maximum Gasteiger partial charge on any atom is 0.188 e. The van der Waals surface area contributed by atoms with Crippen LogP contribution in [0.15, 0.2) is 29.3 Å². The van der Waals surface area contributed by atoms with Gasteiger partial charge < -0.3 is 15.8 Å². The topological polar surface area (TPSA) is 59.6 Å². The third kappa shape index (κ3) is 7.90. The normalized spacial score (nSPS) is 16.3. The van der Waals surface area contributed by atoms with Gasteiger partial charge in [-0.15, -0.1) is 24.0 Å². The molecule has 0 spiro atoms. The third-order valence-corrected chi connectivity index (χ3v) is 4.27. The van der Waals surface area contributed by atoms with Crippen LogP contribution in [0.1, 0.15) is 50.5 Å². The molecule has 0 atom stereocenters. The van der Waals surface area contributed by atoms with Crippen LogP contribution < -0.4 is 15.8 Å². The number of guanidine groups is 1. The number of hydrogen-bond donors (Lipinski definition) is 2. The zero-order valence-electron chi connectivity index (χ0n) is 14.1. The average Bonchev–Trinajstić information content (AvgIpc) is 2.81. The summed E-state index contributed by atoms with van der Waals surface area (Å²) in [7, 11) is 1.69. The monoisotopic (exact) mass is 431 g/mol. The molecule has 1 aromatic rings. The number of ether oxygens (including phenoxy) is 1. The van der Waals surface area contributed by atoms with Gasteiger partial charge in [-0.2, -0.15) is 0 Å². The maximum atomic E-state index is 6.00. The molecule has 130 valence electrons. The van der Waals surface area contributed by atoms with Crippen LogP contribution in [0.5, 0.6) is 5.75 Å². The van der Waals surface area contributed by atoms with Gasteiger partial charge in [0.2, 0.25) is 0 Å². The van der Waals surface area contributed by atoms with Crippen molar-refractivity contribution in [3.8, 4) is 5.75 Å². The van der Waals surface area contributed by atoms with Crippen molar-refractivity contribution in [2.24, 2.45) is 10.7 Å². The summed E-state index contributed by atoms with van der Waals surface area (Å²) in [5, 5.41) is 3.38. The lowest BCUT2D eigenvalue weighted by Gasteiger charge is -2.16. The van der Waals surface area contributed by atoms with E-state index in [-0.39, 0.29) is 24.0 Å². The van der Waals surface area contributed by atoms with Crippen LogP contribution >= 0.6 is 24.0 Å². The molecule has 0 unspecified atom stereocenters. The van der Waals surface area contributed by atoms with Crippen LogP contribution in [0.2, 0.25) is 0 Å². The van der Waals surface area contributed by atoms with Crippen molar-refractivity contribution in [1.82, 2.24) is 5.32 Å². The number of methoxy groups -OCH3 is 1. The van der Waals surface area contributed by atoms with E-state index in [1.54, 1.807) is 7.11 Å². The Balaban J connectivity index is 0.00000264. The highest BCUT2D eigenvalue weighted by molar-refractivity contribution is 14.0. The summed E-state index contributed by atoms with van der Waals surface area (Å²) >= 11 is 0. The van der Waals surface area contributed by atoms with Gasteiger partial charge in [0.05, 0.1) is 7.11 Å². The van der Waals surface area contributed by atoms with Crippen molar-refractivity contribution in [3.63, 3.8) is 0 Å². The van der Waals surface area contributed by atoms with Gasteiger partial charge in [-0.3, -0.25) is 4.99 Å². The van der Waals surface area contributed by atoms with E-state index >= 15 is 0 Å². The number of rotatable bonds is 6. The predicted octanol–water partition coefficient (Wildman–Crippen LogP) is 3.87. The Morgan fingerprint density at radius 3 is 2.43 bits per heavy atom. The van der Waals surface area contributed by atoms with Crippen molar-refractivity contribution in [2.45, 2.75) is 57.4 Å². The minimum Gasteiger partial charge on any atom is -0.497 e. The van der Waals surface area contributed by atoms with E-state index in [1.165, 1.54) is 44.1 Å². The largest absolute Gasteiger partial charge is 0.497 e. The van der Waals surface area contributed by atoms with Crippen LogP contribution in [0.4, 0.5) is 0 Å². The first-order chi connectivity index (χ1) is 10.8. The highest BCUT2D eigenvalue weighted by Gasteiger charge is 2.11. The van der Waals surface area contributed by atoms with E-state index in [0.29, 0.717) is 12.0 Å². The minimum atomic E-state index is 0. The molecule has 5 heteroatoms. The SMILES string of the molecule is COc1ccc(CCCN=C(N)NC2CCCCCC2)cc1.I. The Hall–Kier alpha value is -0.980. The molecule has 4 nitrogen and oxygen atoms in total. The quantitative estimate of drug-likeness (QED) is 0.236. The van der Waals surface area contributed by atoms with E-state index in [1.807, 2.05) is 12.1 Å². The van der Waals surface area contributed by atoms with Gasteiger partial charge >= 0.3 is 0 Å². The van der Waals surface area contributed by atoms with Crippen molar-refractivity contribution in [2.75, 3.05) is 13.7 Å². The molecule has 0 aromatic heterocycles. The molecule has 1 fully saturated rings. The lowest BCUT2D eigenvalue weighted by molar-refractivity contribution is 0.414. The summed E-state index contributed by atoms with van der Waals surface area (Å²) in [4.78, 5) is 4.46. The summed E-state index contributed by atoms with van der Waals surface area (Å²) in [5.74, 6) is 1.51. The highest BCUT2D eigenvalue weighted by Crippen LogP contribution is 2.17. The molecule has 3 N–H and O–H groups in total. The molecule has 1 aliphatic rings. The van der Waals surface area contributed by atoms with Crippen LogP contribution in [-0.2, 0) is 6.42 Å². The molecule has 0 amide bonds. The Morgan fingerprint density at radius 1 is 1.17 bits per heavy atom. The van der Waals surface area contributed by atoms with E-state index < -0.39 is 0 Å². The number of nitrogens with one attached hydrogen (secondary N) is 1. The molecule has 0 aliphatic heterocycles. The smallest absolute Gasteiger partial charge is 0.188 e. The number of nitrogens with two attached hydrogens (primary N) is 1. The van der Waals surface area contributed by atoms with Crippen molar-refractivity contribution in [1.29, 1.82) is 0 Å². The highest BCUT2D eigenvalue weighted by atomic mass is 127. The molecule has 1 aromatic carbocycles. The molecule has 0 radical (unpaired) electrons. The summed E-state index contributed by atoms with van der Waals surface area (Å²) < 4.78 is 5.16. The molecule has 0 heterocycles. The first-order valence-electron chi connectivity index (χ1n) is 8.47. The molecule has 23 heavy (non-hydrogen) atoms. The van der Waals surface area contributed by atoms with E-state index in [0.717, 1.165) is 25.1 Å². The van der Waals surface area contributed by atoms with Gasteiger partial charge in [-0.25, -0.2) is 0 Å². The van der Waals surface area contributed by atoms with Crippen LogP contribution in [0.25, 0.3) is 0 Å². The Morgan fingerprint density at radius 2 is 1.83 bits per heavy atom. The zero-order chi connectivity index (χ0) is 15.6. The summed E-state index contributed by atoms with van der Waals surface area (Å²) in [6, 6.07) is 8.74. The van der Waals surface area contributed by atoms with E-state index in [4.69, 9.17) is 10.5 Å². The number of hydrogen-bond acceptors (Lipinski definition) is 2. The Labute approximate surface area is 157 Å². The van der Waals surface area contributed by atoms with Gasteiger partial charge in [-0.1, -0.05) is 37.8 Å². The van der Waals surface area contributed by atoms with E-state index in [9.17, 15) is 0 Å². The van der Waals surface area contributed by atoms with E-state index in [2.05, 4.69) is 22.4 Å². The third-order valence-electron chi connectivity index (χ3n) is 4.27. The first-order valence-corrected chi connectivity index (χ1v) is 8.47. The molecule has 0 bridgehead atoms. The van der Waals surface area contributed by atoms with Crippen LogP contribution in [0, 0.1) is 0 Å². The van der Waals surface area contributed by atoms with Crippen molar-refractivity contribution >= 4 is 29.9 Å². The second-order valence-corrected chi connectivity index (χ2v) is 6.05. The number of aryl methyl sites for hydroxylation is 1. The van der Waals surface area contributed by atoms with Gasteiger partial charge in [0.15, 0.2) is 5.96 Å². The average molecular weight is 431 g/mol. The molecule has 0 saturated heterocycles. The van der Waals surface area contributed by atoms with Crippen molar-refractivity contribution in [3.05, 3.63) is 29.8 Å². The Kier molecular flexibility index (Phi) is 10.1. The van der Waals surface area contributed by atoms with Gasteiger partial charge in [0, 0.05) is 12.6 Å². The number of benzene rings is 1. The second kappa shape index (κ2) is 11.5. The van der Waals surface area contributed by atoms with Gasteiger partial charge in [0.1, 0.15) is 5.75 Å². The molecular formula is C18H30IN3O. The number of nitrogens with zero attached hydrogens (tertiary/aromatic N) is 1. The summed E-state index contributed by atoms with van der Waals surface area (Å²) in [6.45, 7) is 0.775. The fourth-order valence-electron chi connectivity index (χ4n) is 2.95. The second-order valence-electron chi connectivity index (χ2n) is 6.05. The summed E-state index contributed by atoms with van der Waals surface area (Å²) in [5.41, 5.74) is 7.31. The molecule has 2 rings (SSSR count). The number of halogens is 1. The maximum absolute atomic E-state index is 6.00.